The van der Waals surface area contributed by atoms with Gasteiger partial charge in [-0.2, -0.15) is 0 Å². The Hall–Kier alpha value is -2.19. The number of thioether (sulfide) groups is 1. The Bertz CT molecular complexity index is 873. The number of hydrogen-bond acceptors (Lipinski definition) is 5. The molecule has 0 bridgehead atoms. The van der Waals surface area contributed by atoms with Gasteiger partial charge in [-0.15, -0.1) is 21.5 Å². The topological polar surface area (TPSA) is 59.8 Å². The fraction of sp³-hybridized carbons (Fsp3) is 0.235. The second-order valence-electron chi connectivity index (χ2n) is 5.73. The molecule has 128 valence electrons. The molecule has 0 atom stereocenters. The van der Waals surface area contributed by atoms with Crippen LogP contribution in [0.2, 0.25) is 0 Å². The molecule has 1 N–H and O–H groups in total. The van der Waals surface area contributed by atoms with E-state index in [1.54, 1.807) is 23.5 Å². The van der Waals surface area contributed by atoms with Gasteiger partial charge >= 0.3 is 0 Å². The molecule has 2 aromatic heterocycles. The monoisotopic (exact) mass is 374 g/mol. The molecule has 0 aliphatic heterocycles. The molecule has 3 aromatic rings. The highest BCUT2D eigenvalue weighted by Crippen LogP contribution is 2.41. The third-order valence-electron chi connectivity index (χ3n) is 3.78. The maximum atomic E-state index is 12.9. The minimum atomic E-state index is -0.328. The van der Waals surface area contributed by atoms with Crippen LogP contribution in [0.1, 0.15) is 18.9 Å². The van der Waals surface area contributed by atoms with Crippen LogP contribution in [0, 0.1) is 5.82 Å². The lowest BCUT2D eigenvalue weighted by molar-refractivity contribution is -0.113. The zero-order chi connectivity index (χ0) is 17.2. The van der Waals surface area contributed by atoms with Gasteiger partial charge in [0.05, 0.1) is 10.6 Å². The summed E-state index contributed by atoms with van der Waals surface area (Å²) in [5.74, 6) is 0.622. The average molecular weight is 374 g/mol. The van der Waals surface area contributed by atoms with Gasteiger partial charge in [0.15, 0.2) is 11.0 Å². The molecule has 0 saturated heterocycles. The number of carbonyl (C=O) groups is 1. The first-order valence-electron chi connectivity index (χ1n) is 7.88. The van der Waals surface area contributed by atoms with Crippen molar-refractivity contribution in [3.8, 4) is 10.7 Å². The van der Waals surface area contributed by atoms with Crippen LogP contribution in [0.15, 0.2) is 46.9 Å². The minimum absolute atomic E-state index is 0.153. The predicted molar refractivity (Wildman–Crippen MR) is 97.4 cm³/mol. The molecule has 1 fully saturated rings. The number of amides is 1. The van der Waals surface area contributed by atoms with E-state index in [2.05, 4.69) is 20.1 Å². The summed E-state index contributed by atoms with van der Waals surface area (Å²) in [7, 11) is 0. The second kappa shape index (κ2) is 6.97. The first-order chi connectivity index (χ1) is 12.2. The van der Waals surface area contributed by atoms with E-state index < -0.39 is 0 Å². The molecule has 0 spiro atoms. The molecular formula is C17H15FN4OS2. The Morgan fingerprint density at radius 3 is 2.76 bits per heavy atom. The Labute approximate surface area is 152 Å². The standard InChI is InChI=1S/C17H15FN4OS2/c18-11-3-5-12(6-4-11)19-15(23)10-25-17-21-20-16(14-2-1-9-24-14)22(17)13-7-8-13/h1-6,9,13H,7-8,10H2,(H,19,23). The smallest absolute Gasteiger partial charge is 0.234 e. The van der Waals surface area contributed by atoms with Crippen molar-refractivity contribution in [2.45, 2.75) is 24.0 Å². The zero-order valence-corrected chi connectivity index (χ0v) is 14.8. The summed E-state index contributed by atoms with van der Waals surface area (Å²) < 4.78 is 15.0. The summed E-state index contributed by atoms with van der Waals surface area (Å²) in [5.41, 5.74) is 0.579. The zero-order valence-electron chi connectivity index (χ0n) is 13.2. The molecule has 4 rings (SSSR count). The van der Waals surface area contributed by atoms with Gasteiger partial charge in [0.1, 0.15) is 5.82 Å². The van der Waals surface area contributed by atoms with Crippen LogP contribution in [0.25, 0.3) is 10.7 Å². The number of nitrogens with zero attached hydrogens (tertiary/aromatic N) is 3. The van der Waals surface area contributed by atoms with E-state index in [9.17, 15) is 9.18 Å². The largest absolute Gasteiger partial charge is 0.325 e. The number of thiophene rings is 1. The van der Waals surface area contributed by atoms with Gasteiger partial charge in [-0.1, -0.05) is 17.8 Å². The maximum absolute atomic E-state index is 12.9. The second-order valence-corrected chi connectivity index (χ2v) is 7.62. The van der Waals surface area contributed by atoms with Crippen molar-refractivity contribution in [2.24, 2.45) is 0 Å². The Kier molecular flexibility index (Phi) is 4.54. The van der Waals surface area contributed by atoms with Crippen molar-refractivity contribution >= 4 is 34.7 Å². The van der Waals surface area contributed by atoms with Crippen LogP contribution in [0.5, 0.6) is 0 Å². The van der Waals surface area contributed by atoms with E-state index in [-0.39, 0.29) is 17.5 Å². The minimum Gasteiger partial charge on any atom is -0.325 e. The highest BCUT2D eigenvalue weighted by atomic mass is 32.2. The molecular weight excluding hydrogens is 359 g/mol. The summed E-state index contributed by atoms with van der Waals surface area (Å²) >= 11 is 3.01. The van der Waals surface area contributed by atoms with Crippen molar-refractivity contribution in [3.63, 3.8) is 0 Å². The first-order valence-corrected chi connectivity index (χ1v) is 9.74. The predicted octanol–water partition coefficient (Wildman–Crippen LogP) is 4.21. The lowest BCUT2D eigenvalue weighted by Crippen LogP contribution is -2.14. The number of benzene rings is 1. The van der Waals surface area contributed by atoms with Crippen LogP contribution in [0.3, 0.4) is 0 Å². The van der Waals surface area contributed by atoms with Crippen LogP contribution >= 0.6 is 23.1 Å². The van der Waals surface area contributed by atoms with Gasteiger partial charge < -0.3 is 5.32 Å². The lowest BCUT2D eigenvalue weighted by atomic mass is 10.3. The van der Waals surface area contributed by atoms with E-state index >= 15 is 0 Å². The molecule has 2 heterocycles. The van der Waals surface area contributed by atoms with E-state index in [0.717, 1.165) is 28.7 Å². The first kappa shape index (κ1) is 16.3. The van der Waals surface area contributed by atoms with Crippen molar-refractivity contribution in [1.29, 1.82) is 0 Å². The van der Waals surface area contributed by atoms with Crippen LogP contribution in [0.4, 0.5) is 10.1 Å². The van der Waals surface area contributed by atoms with Gasteiger partial charge in [0, 0.05) is 11.7 Å². The van der Waals surface area contributed by atoms with Crippen molar-refractivity contribution < 1.29 is 9.18 Å². The van der Waals surface area contributed by atoms with E-state index in [1.807, 2.05) is 17.5 Å². The molecule has 1 aliphatic carbocycles. The van der Waals surface area contributed by atoms with E-state index in [0.29, 0.717) is 11.7 Å². The van der Waals surface area contributed by atoms with E-state index in [4.69, 9.17) is 0 Å². The van der Waals surface area contributed by atoms with E-state index in [1.165, 1.54) is 23.9 Å². The summed E-state index contributed by atoms with van der Waals surface area (Å²) in [4.78, 5) is 13.2. The maximum Gasteiger partial charge on any atom is 0.234 e. The summed E-state index contributed by atoms with van der Waals surface area (Å²) in [6, 6.07) is 10.2. The third-order valence-corrected chi connectivity index (χ3v) is 5.59. The van der Waals surface area contributed by atoms with Gasteiger partial charge in [-0.05, 0) is 48.6 Å². The van der Waals surface area contributed by atoms with Crippen molar-refractivity contribution in [2.75, 3.05) is 11.1 Å². The van der Waals surface area contributed by atoms with Gasteiger partial charge in [-0.3, -0.25) is 9.36 Å². The fourth-order valence-electron chi connectivity index (χ4n) is 2.47. The number of carbonyl (C=O) groups excluding carboxylic acids is 1. The SMILES string of the molecule is O=C(CSc1nnc(-c2cccs2)n1C1CC1)Nc1ccc(F)cc1. The van der Waals surface area contributed by atoms with Crippen molar-refractivity contribution in [1.82, 2.24) is 14.8 Å². The molecule has 1 saturated carbocycles. The third kappa shape index (κ3) is 3.74. The summed E-state index contributed by atoms with van der Waals surface area (Å²) in [5, 5.41) is 14.1. The van der Waals surface area contributed by atoms with Crippen LogP contribution in [-0.2, 0) is 4.79 Å². The average Bonchev–Trinajstić information content (AvgIpc) is 3.13. The quantitative estimate of drug-likeness (QED) is 0.657. The summed E-state index contributed by atoms with van der Waals surface area (Å²) in [6.07, 6.45) is 2.23. The number of nitrogens with one attached hydrogen (secondary N) is 1. The summed E-state index contributed by atoms with van der Waals surface area (Å²) in [6.45, 7) is 0. The number of rotatable bonds is 6. The molecule has 1 aromatic carbocycles. The number of hydrogen-bond donors (Lipinski definition) is 1. The van der Waals surface area contributed by atoms with Gasteiger partial charge in [0.25, 0.3) is 0 Å². The van der Waals surface area contributed by atoms with Gasteiger partial charge in [-0.25, -0.2) is 4.39 Å². The highest BCUT2D eigenvalue weighted by Gasteiger charge is 2.30. The normalized spacial score (nSPS) is 13.8. The molecule has 5 nitrogen and oxygen atoms in total. The number of aromatic nitrogens is 3. The van der Waals surface area contributed by atoms with Gasteiger partial charge in [0.2, 0.25) is 5.91 Å². The number of halogens is 1. The molecule has 0 unspecified atom stereocenters. The van der Waals surface area contributed by atoms with Crippen LogP contribution in [-0.4, -0.2) is 26.4 Å². The Morgan fingerprint density at radius 2 is 2.08 bits per heavy atom. The number of anilines is 1. The molecule has 1 amide bonds. The fourth-order valence-corrected chi connectivity index (χ4v) is 3.98. The molecule has 25 heavy (non-hydrogen) atoms. The Morgan fingerprint density at radius 1 is 1.28 bits per heavy atom. The highest BCUT2D eigenvalue weighted by molar-refractivity contribution is 7.99. The molecule has 1 aliphatic rings. The molecule has 8 heteroatoms. The van der Waals surface area contributed by atoms with Crippen LogP contribution < -0.4 is 5.32 Å². The van der Waals surface area contributed by atoms with Crippen molar-refractivity contribution in [3.05, 3.63) is 47.6 Å². The lowest BCUT2D eigenvalue weighted by Gasteiger charge is -2.08. The Balaban J connectivity index is 1.44. The molecule has 0 radical (unpaired) electrons.